The summed E-state index contributed by atoms with van der Waals surface area (Å²) in [6, 6.07) is 0. The fourth-order valence-electron chi connectivity index (χ4n) is 1.82. The molecular weight excluding hydrogens is 320 g/mol. The minimum Gasteiger partial charge on any atom is -0.317 e. The molecule has 0 radical (unpaired) electrons. The van der Waals surface area contributed by atoms with Crippen LogP contribution in [0.5, 0.6) is 0 Å². The summed E-state index contributed by atoms with van der Waals surface area (Å²) in [5, 5.41) is 6.44. The Labute approximate surface area is 127 Å². The van der Waals surface area contributed by atoms with Gasteiger partial charge in [0.2, 0.25) is 4.58 Å². The summed E-state index contributed by atoms with van der Waals surface area (Å²) in [5.74, 6) is 0. The van der Waals surface area contributed by atoms with Crippen LogP contribution in [0.1, 0.15) is 39.0 Å². The molecule has 2 heterocycles. The molecule has 2 fully saturated rings. The number of hydrogen-bond acceptors (Lipinski definition) is 6. The van der Waals surface area contributed by atoms with Crippen LogP contribution in [0, 0.1) is 0 Å². The summed E-state index contributed by atoms with van der Waals surface area (Å²) in [6.45, 7) is 6.21. The van der Waals surface area contributed by atoms with Gasteiger partial charge in [0.15, 0.2) is 0 Å². The number of nitrogens with one attached hydrogen (secondary N) is 2. The molecule has 0 aromatic rings. The second-order valence-corrected chi connectivity index (χ2v) is 8.28. The van der Waals surface area contributed by atoms with Crippen molar-refractivity contribution in [1.29, 1.82) is 0 Å². The van der Waals surface area contributed by atoms with E-state index in [1.54, 1.807) is 0 Å². The van der Waals surface area contributed by atoms with Gasteiger partial charge >= 0.3 is 0 Å². The summed E-state index contributed by atoms with van der Waals surface area (Å²) < 4.78 is 55.3. The summed E-state index contributed by atoms with van der Waals surface area (Å²) in [4.78, 5) is 0. The lowest BCUT2D eigenvalue weighted by Gasteiger charge is -2.05. The first kappa shape index (κ1) is 20.7. The van der Waals surface area contributed by atoms with Gasteiger partial charge in [-0.25, -0.2) is 0 Å². The molecule has 0 aliphatic carbocycles. The second-order valence-electron chi connectivity index (χ2n) is 4.78. The lowest BCUT2D eigenvalue weighted by molar-refractivity contribution is 0.453. The van der Waals surface area contributed by atoms with E-state index in [4.69, 9.17) is 9.11 Å². The lowest BCUT2D eigenvalue weighted by Crippen LogP contribution is -2.28. The molecule has 4 N–H and O–H groups in total. The Morgan fingerprint density at radius 3 is 1.14 bits per heavy atom. The Balaban J connectivity index is 0.000000325. The van der Waals surface area contributed by atoms with Crippen molar-refractivity contribution in [3.8, 4) is 0 Å². The molecule has 10 heteroatoms. The van der Waals surface area contributed by atoms with Crippen LogP contribution >= 0.6 is 0 Å². The van der Waals surface area contributed by atoms with Crippen LogP contribution in [0.3, 0.4) is 0 Å². The smallest absolute Gasteiger partial charge is 0.284 e. The first-order valence-corrected chi connectivity index (χ1v) is 10.0. The topological polar surface area (TPSA) is 133 Å². The molecule has 0 atom stereocenters. The fourth-order valence-corrected chi connectivity index (χ4v) is 3.90. The summed E-state index contributed by atoms with van der Waals surface area (Å²) in [6.07, 6.45) is 5.16. The van der Waals surface area contributed by atoms with Gasteiger partial charge < -0.3 is 10.6 Å². The lowest BCUT2D eigenvalue weighted by atomic mass is 10.4. The van der Waals surface area contributed by atoms with Crippen molar-refractivity contribution in [3.63, 3.8) is 0 Å². The van der Waals surface area contributed by atoms with Gasteiger partial charge in [-0.3, -0.25) is 9.11 Å². The van der Waals surface area contributed by atoms with Gasteiger partial charge in [-0.15, -0.1) is 0 Å². The molecule has 0 bridgehead atoms. The molecule has 0 spiro atoms. The molecule has 2 saturated heterocycles. The SMILES string of the molecule is C1CCNC1.C1CCNC1.CCC(S(=O)(=O)O)S(=O)(=O)O. The maximum atomic E-state index is 10.2. The third-order valence-electron chi connectivity index (χ3n) is 2.91. The third kappa shape index (κ3) is 11.0. The second kappa shape index (κ2) is 10.5. The highest BCUT2D eigenvalue weighted by Crippen LogP contribution is 2.09. The van der Waals surface area contributed by atoms with E-state index in [0.717, 1.165) is 0 Å². The summed E-state index contributed by atoms with van der Waals surface area (Å²) >= 11 is 0. The average Bonchev–Trinajstić information content (AvgIpc) is 3.06. The molecule has 21 heavy (non-hydrogen) atoms. The monoisotopic (exact) mass is 346 g/mol. The van der Waals surface area contributed by atoms with E-state index in [9.17, 15) is 16.8 Å². The molecule has 0 aromatic heterocycles. The molecule has 128 valence electrons. The van der Waals surface area contributed by atoms with Crippen LogP contribution in [0.15, 0.2) is 0 Å². The molecule has 0 saturated carbocycles. The zero-order chi connectivity index (χ0) is 16.4. The molecule has 2 rings (SSSR count). The summed E-state index contributed by atoms with van der Waals surface area (Å²) in [7, 11) is -9.42. The molecular formula is C11H26N2O6S2. The summed E-state index contributed by atoms with van der Waals surface area (Å²) in [5.41, 5.74) is 0. The van der Waals surface area contributed by atoms with Gasteiger partial charge in [-0.05, 0) is 58.3 Å². The van der Waals surface area contributed by atoms with Crippen LogP contribution in [-0.2, 0) is 20.2 Å². The molecule has 0 unspecified atom stereocenters. The maximum Gasteiger partial charge on any atom is 0.284 e. The standard InChI is InChI=1S/2C4H9N.C3H8O6S2/c2*1-2-4-5-3-1;1-2-3(10(4,5)6)11(7,8)9/h2*5H,1-4H2;3H,2H2,1H3,(H,4,5,6)(H,7,8,9). The zero-order valence-corrected chi connectivity index (χ0v) is 13.9. The molecule has 0 amide bonds. The molecule has 8 nitrogen and oxygen atoms in total. The molecule has 2 aliphatic rings. The van der Waals surface area contributed by atoms with Gasteiger partial charge in [-0.2, -0.15) is 16.8 Å². The van der Waals surface area contributed by atoms with E-state index in [1.165, 1.54) is 58.8 Å². The highest BCUT2D eigenvalue weighted by Gasteiger charge is 2.33. The van der Waals surface area contributed by atoms with Crippen LogP contribution in [0.2, 0.25) is 0 Å². The van der Waals surface area contributed by atoms with E-state index in [1.807, 2.05) is 0 Å². The van der Waals surface area contributed by atoms with E-state index >= 15 is 0 Å². The minimum atomic E-state index is -4.71. The minimum absolute atomic E-state index is 0.391. The van der Waals surface area contributed by atoms with Gasteiger partial charge in [0.05, 0.1) is 0 Å². The predicted molar refractivity (Wildman–Crippen MR) is 81.4 cm³/mol. The Morgan fingerprint density at radius 2 is 1.10 bits per heavy atom. The van der Waals surface area contributed by atoms with E-state index < -0.39 is 31.2 Å². The van der Waals surface area contributed by atoms with Crippen LogP contribution < -0.4 is 10.6 Å². The van der Waals surface area contributed by atoms with Gasteiger partial charge in [0.1, 0.15) is 0 Å². The predicted octanol–water partition coefficient (Wildman–Crippen LogP) is 0.238. The van der Waals surface area contributed by atoms with Gasteiger partial charge in [-0.1, -0.05) is 6.92 Å². The Morgan fingerprint density at radius 1 is 0.810 bits per heavy atom. The molecule has 0 aromatic carbocycles. The first-order valence-electron chi connectivity index (χ1n) is 7.03. The van der Waals surface area contributed by atoms with Gasteiger partial charge in [0.25, 0.3) is 20.2 Å². The van der Waals surface area contributed by atoms with Crippen LogP contribution in [0.25, 0.3) is 0 Å². The average molecular weight is 346 g/mol. The maximum absolute atomic E-state index is 10.2. The number of rotatable bonds is 3. The van der Waals surface area contributed by atoms with Crippen LogP contribution in [-0.4, -0.2) is 56.7 Å². The van der Waals surface area contributed by atoms with Crippen molar-refractivity contribution in [3.05, 3.63) is 0 Å². The van der Waals surface area contributed by atoms with Crippen LogP contribution in [0.4, 0.5) is 0 Å². The van der Waals surface area contributed by atoms with Crippen molar-refractivity contribution in [1.82, 2.24) is 10.6 Å². The van der Waals surface area contributed by atoms with Crippen molar-refractivity contribution < 1.29 is 25.9 Å². The van der Waals surface area contributed by atoms with Crippen molar-refractivity contribution in [2.45, 2.75) is 43.6 Å². The normalized spacial score (nSPS) is 18.7. The Bertz CT molecular complexity index is 398. The Kier molecular flexibility index (Phi) is 10.3. The zero-order valence-electron chi connectivity index (χ0n) is 12.3. The van der Waals surface area contributed by atoms with E-state index in [-0.39, 0.29) is 0 Å². The van der Waals surface area contributed by atoms with Gasteiger partial charge in [0, 0.05) is 0 Å². The highest BCUT2D eigenvalue weighted by molar-refractivity contribution is 8.03. The van der Waals surface area contributed by atoms with Crippen molar-refractivity contribution in [2.75, 3.05) is 26.2 Å². The third-order valence-corrected chi connectivity index (χ3v) is 6.37. The largest absolute Gasteiger partial charge is 0.317 e. The van der Waals surface area contributed by atoms with E-state index in [0.29, 0.717) is 0 Å². The highest BCUT2D eigenvalue weighted by atomic mass is 32.3. The fraction of sp³-hybridized carbons (Fsp3) is 1.00. The number of hydrogen-bond donors (Lipinski definition) is 4. The van der Waals surface area contributed by atoms with Crippen molar-refractivity contribution in [2.24, 2.45) is 0 Å². The van der Waals surface area contributed by atoms with Crippen molar-refractivity contribution >= 4 is 20.2 Å². The van der Waals surface area contributed by atoms with E-state index in [2.05, 4.69) is 10.6 Å². The quantitative estimate of drug-likeness (QED) is 0.534. The Hall–Kier alpha value is -0.260. The molecule has 2 aliphatic heterocycles. The first-order chi connectivity index (χ1) is 9.69.